The highest BCUT2D eigenvalue weighted by Gasteiger charge is 2.25. The van der Waals surface area contributed by atoms with Crippen molar-refractivity contribution in [1.29, 1.82) is 0 Å². The van der Waals surface area contributed by atoms with Gasteiger partial charge in [-0.05, 0) is 18.7 Å². The molecule has 0 bridgehead atoms. The summed E-state index contributed by atoms with van der Waals surface area (Å²) >= 11 is 0. The van der Waals surface area contributed by atoms with Gasteiger partial charge in [-0.1, -0.05) is 12.7 Å². The van der Waals surface area contributed by atoms with Crippen LogP contribution in [0.4, 0.5) is 0 Å². The predicted molar refractivity (Wildman–Crippen MR) is 95.7 cm³/mol. The molecule has 1 aromatic heterocycles. The number of aromatic carboxylic acids is 1. The number of hydrogen-bond acceptors (Lipinski definition) is 5. The third-order valence-corrected chi connectivity index (χ3v) is 3.90. The van der Waals surface area contributed by atoms with Crippen LogP contribution in [0.25, 0.3) is 17.2 Å². The van der Waals surface area contributed by atoms with Crippen molar-refractivity contribution in [1.82, 2.24) is 4.98 Å². The Morgan fingerprint density at radius 3 is 2.40 bits per heavy atom. The molecule has 7 nitrogen and oxygen atoms in total. The van der Waals surface area contributed by atoms with Gasteiger partial charge in [0, 0.05) is 28.8 Å². The smallest absolute Gasteiger partial charge is 0.352 e. The fourth-order valence-electron chi connectivity index (χ4n) is 2.88. The Bertz CT molecular complexity index is 795. The van der Waals surface area contributed by atoms with Gasteiger partial charge in [0.25, 0.3) is 0 Å². The van der Waals surface area contributed by atoms with Crippen molar-refractivity contribution in [3.8, 4) is 28.4 Å². The molecule has 2 rings (SSSR count). The third kappa shape index (κ3) is 3.18. The summed E-state index contributed by atoms with van der Waals surface area (Å²) in [4.78, 5) is 14.5. The van der Waals surface area contributed by atoms with Crippen LogP contribution in [-0.4, -0.2) is 43.9 Å². The first-order valence-corrected chi connectivity index (χ1v) is 7.63. The molecule has 0 amide bonds. The highest BCUT2D eigenvalue weighted by molar-refractivity contribution is 5.97. The summed E-state index contributed by atoms with van der Waals surface area (Å²) in [7, 11) is 4.56. The topological polar surface area (TPSA) is 107 Å². The molecule has 1 heterocycles. The van der Waals surface area contributed by atoms with Gasteiger partial charge in [0.15, 0.2) is 11.5 Å². The van der Waals surface area contributed by atoms with Crippen LogP contribution >= 0.6 is 0 Å². The Kier molecular flexibility index (Phi) is 5.71. The minimum absolute atomic E-state index is 0.0605. The number of carbonyl (C=O) groups is 1. The van der Waals surface area contributed by atoms with E-state index in [0.717, 1.165) is 0 Å². The molecule has 0 unspecified atom stereocenters. The molecule has 4 N–H and O–H groups in total. The van der Waals surface area contributed by atoms with Crippen LogP contribution < -0.4 is 19.9 Å². The molecule has 2 aromatic rings. The summed E-state index contributed by atoms with van der Waals surface area (Å²) in [6, 6.07) is 3.53. The lowest BCUT2D eigenvalue weighted by Gasteiger charge is -2.17. The fourth-order valence-corrected chi connectivity index (χ4v) is 2.88. The molecular weight excluding hydrogens is 324 g/mol. The molecule has 0 atom stereocenters. The maximum Gasteiger partial charge on any atom is 0.352 e. The van der Waals surface area contributed by atoms with E-state index in [1.807, 2.05) is 0 Å². The Morgan fingerprint density at radius 2 is 1.92 bits per heavy atom. The van der Waals surface area contributed by atoms with Crippen molar-refractivity contribution in [3.05, 3.63) is 35.7 Å². The molecule has 1 aromatic carbocycles. The second-order valence-electron chi connectivity index (χ2n) is 5.20. The van der Waals surface area contributed by atoms with Crippen LogP contribution in [0, 0.1) is 0 Å². The lowest BCUT2D eigenvalue weighted by Crippen LogP contribution is -2.05. The number of H-pyrrole nitrogens is 1. The average molecular weight is 346 g/mol. The Hall–Kier alpha value is -2.93. The van der Waals surface area contributed by atoms with Crippen molar-refractivity contribution < 1.29 is 24.1 Å². The van der Waals surface area contributed by atoms with E-state index >= 15 is 0 Å². The van der Waals surface area contributed by atoms with Crippen molar-refractivity contribution in [2.45, 2.75) is 6.42 Å². The standard InChI is InChI=1S/C18H22N2O5/c1-5-10-14(12(8-9-19)20-15(10)18(21)22)11-6-7-13(23-2)17(25-4)16(11)24-3/h5-7,20H,1,8-9,19H2,2-4H3,(H,21,22). The Balaban J connectivity index is 2.85. The summed E-state index contributed by atoms with van der Waals surface area (Å²) in [6.45, 7) is 4.11. The van der Waals surface area contributed by atoms with E-state index in [4.69, 9.17) is 19.9 Å². The number of aromatic nitrogens is 1. The van der Waals surface area contributed by atoms with Crippen molar-refractivity contribution >= 4 is 12.0 Å². The van der Waals surface area contributed by atoms with Gasteiger partial charge in [0.05, 0.1) is 21.3 Å². The van der Waals surface area contributed by atoms with Crippen LogP contribution in [0.2, 0.25) is 0 Å². The number of nitrogens with two attached hydrogens (primary N) is 1. The van der Waals surface area contributed by atoms with E-state index in [1.54, 1.807) is 12.1 Å². The van der Waals surface area contributed by atoms with Gasteiger partial charge in [-0.25, -0.2) is 4.79 Å². The normalized spacial score (nSPS) is 10.4. The number of carboxylic acids is 1. The van der Waals surface area contributed by atoms with Crippen molar-refractivity contribution in [2.75, 3.05) is 27.9 Å². The number of benzene rings is 1. The molecule has 0 saturated carbocycles. The maximum absolute atomic E-state index is 11.6. The Morgan fingerprint density at radius 1 is 1.24 bits per heavy atom. The van der Waals surface area contributed by atoms with Gasteiger partial charge in [-0.2, -0.15) is 0 Å². The maximum atomic E-state index is 11.6. The number of ether oxygens (including phenoxy) is 3. The van der Waals surface area contributed by atoms with E-state index in [1.165, 1.54) is 27.4 Å². The van der Waals surface area contributed by atoms with E-state index in [0.29, 0.717) is 52.6 Å². The number of methoxy groups -OCH3 is 3. The van der Waals surface area contributed by atoms with Crippen molar-refractivity contribution in [3.63, 3.8) is 0 Å². The lowest BCUT2D eigenvalue weighted by molar-refractivity contribution is 0.0691. The van der Waals surface area contributed by atoms with Crippen LogP contribution in [0.3, 0.4) is 0 Å². The Labute approximate surface area is 146 Å². The summed E-state index contributed by atoms with van der Waals surface area (Å²) in [6.07, 6.45) is 1.98. The van der Waals surface area contributed by atoms with Gasteiger partial charge >= 0.3 is 5.97 Å². The number of rotatable bonds is 8. The molecule has 7 heteroatoms. The largest absolute Gasteiger partial charge is 0.493 e. The summed E-state index contributed by atoms with van der Waals surface area (Å²) in [5.41, 5.74) is 8.26. The average Bonchev–Trinajstić information content (AvgIpc) is 2.98. The third-order valence-electron chi connectivity index (χ3n) is 3.90. The van der Waals surface area contributed by atoms with E-state index in [-0.39, 0.29) is 5.69 Å². The van der Waals surface area contributed by atoms with E-state index < -0.39 is 5.97 Å². The number of aromatic amines is 1. The highest BCUT2D eigenvalue weighted by atomic mass is 16.5. The van der Waals surface area contributed by atoms with Gasteiger partial charge in [0.1, 0.15) is 5.69 Å². The zero-order chi connectivity index (χ0) is 18.6. The minimum Gasteiger partial charge on any atom is -0.493 e. The first-order chi connectivity index (χ1) is 12.0. The zero-order valence-corrected chi connectivity index (χ0v) is 14.5. The molecular formula is C18H22N2O5. The number of nitrogens with one attached hydrogen (secondary N) is 1. The summed E-state index contributed by atoms with van der Waals surface area (Å²) in [5, 5.41) is 9.47. The first kappa shape index (κ1) is 18.4. The first-order valence-electron chi connectivity index (χ1n) is 7.63. The number of carboxylic acid groups (broad SMARTS) is 1. The van der Waals surface area contributed by atoms with Crippen LogP contribution in [0.5, 0.6) is 17.2 Å². The molecule has 0 spiro atoms. The molecule has 0 aliphatic heterocycles. The van der Waals surface area contributed by atoms with Gasteiger partial charge < -0.3 is 30.0 Å². The van der Waals surface area contributed by atoms with E-state index in [2.05, 4.69) is 11.6 Å². The molecule has 25 heavy (non-hydrogen) atoms. The summed E-state index contributed by atoms with van der Waals surface area (Å²) < 4.78 is 16.3. The lowest BCUT2D eigenvalue weighted by atomic mass is 9.97. The number of hydrogen-bond donors (Lipinski definition) is 3. The van der Waals surface area contributed by atoms with E-state index in [9.17, 15) is 9.90 Å². The van der Waals surface area contributed by atoms with Gasteiger partial charge in [-0.15, -0.1) is 0 Å². The summed E-state index contributed by atoms with van der Waals surface area (Å²) in [5.74, 6) is 0.310. The van der Waals surface area contributed by atoms with Crippen LogP contribution in [-0.2, 0) is 6.42 Å². The zero-order valence-electron chi connectivity index (χ0n) is 14.5. The highest BCUT2D eigenvalue weighted by Crippen LogP contribution is 2.46. The van der Waals surface area contributed by atoms with Crippen LogP contribution in [0.1, 0.15) is 21.7 Å². The molecule has 0 fully saturated rings. The molecule has 0 radical (unpaired) electrons. The molecule has 0 aliphatic rings. The predicted octanol–water partition coefficient (Wildman–Crippen LogP) is 2.55. The quantitative estimate of drug-likeness (QED) is 0.678. The minimum atomic E-state index is -1.07. The molecule has 0 saturated heterocycles. The SMILES string of the molecule is C=Cc1c(C(=O)O)[nH]c(CCN)c1-c1ccc(OC)c(OC)c1OC. The fraction of sp³-hybridized carbons (Fsp3) is 0.278. The van der Waals surface area contributed by atoms with Crippen molar-refractivity contribution in [2.24, 2.45) is 5.73 Å². The van der Waals surface area contributed by atoms with Crippen LogP contribution in [0.15, 0.2) is 18.7 Å². The monoisotopic (exact) mass is 346 g/mol. The molecule has 0 aliphatic carbocycles. The molecule has 134 valence electrons. The second-order valence-corrected chi connectivity index (χ2v) is 5.20. The van der Waals surface area contributed by atoms with Gasteiger partial charge in [0.2, 0.25) is 5.75 Å². The van der Waals surface area contributed by atoms with Gasteiger partial charge in [-0.3, -0.25) is 0 Å². The second kappa shape index (κ2) is 7.76.